The summed E-state index contributed by atoms with van der Waals surface area (Å²) < 4.78 is 5.69. The highest BCUT2D eigenvalue weighted by Gasteiger charge is 2.55. The van der Waals surface area contributed by atoms with Crippen LogP contribution in [0.3, 0.4) is 0 Å². The van der Waals surface area contributed by atoms with Gasteiger partial charge in [-0.3, -0.25) is 4.79 Å². The van der Waals surface area contributed by atoms with Crippen LogP contribution in [-0.4, -0.2) is 11.5 Å². The highest BCUT2D eigenvalue weighted by atomic mass is 35.5. The van der Waals surface area contributed by atoms with Gasteiger partial charge in [0.1, 0.15) is 5.75 Å². The number of amides is 1. The molecule has 3 nitrogen and oxygen atoms in total. The quantitative estimate of drug-likeness (QED) is 0.742. The molecule has 1 aliphatic heterocycles. The summed E-state index contributed by atoms with van der Waals surface area (Å²) in [4.78, 5) is 11.7. The summed E-state index contributed by atoms with van der Waals surface area (Å²) in [6.07, 6.45) is 1.63. The summed E-state index contributed by atoms with van der Waals surface area (Å²) >= 11 is 5.72. The topological polar surface area (TPSA) is 38.3 Å². The van der Waals surface area contributed by atoms with Gasteiger partial charge in [-0.15, -0.1) is 11.6 Å². The van der Waals surface area contributed by atoms with Crippen molar-refractivity contribution in [3.8, 4) is 5.75 Å². The molecule has 3 rings (SSSR count). The Hall–Kier alpha value is -1.22. The predicted molar refractivity (Wildman–Crippen MR) is 57.2 cm³/mol. The summed E-state index contributed by atoms with van der Waals surface area (Å²) in [5.41, 5.74) is 1.15. The monoisotopic (exact) mass is 223 g/mol. The highest BCUT2D eigenvalue weighted by Crippen LogP contribution is 2.46. The molecule has 1 aromatic rings. The zero-order chi connectivity index (χ0) is 10.5. The third-order valence-corrected chi connectivity index (χ3v) is 3.18. The van der Waals surface area contributed by atoms with Gasteiger partial charge in [0.25, 0.3) is 5.91 Å². The minimum Gasteiger partial charge on any atom is -0.475 e. The van der Waals surface area contributed by atoms with Gasteiger partial charge in [0, 0.05) is 18.7 Å². The van der Waals surface area contributed by atoms with E-state index in [1.165, 1.54) is 0 Å². The molecule has 0 aromatic heterocycles. The van der Waals surface area contributed by atoms with E-state index < -0.39 is 5.60 Å². The van der Waals surface area contributed by atoms with E-state index >= 15 is 0 Å². The molecule has 1 heterocycles. The molecule has 0 atom stereocenters. The average Bonchev–Trinajstić information content (AvgIpc) is 3.00. The molecule has 0 radical (unpaired) electrons. The number of hydrogen-bond acceptors (Lipinski definition) is 2. The van der Waals surface area contributed by atoms with Gasteiger partial charge in [-0.2, -0.15) is 0 Å². The van der Waals surface area contributed by atoms with Crippen molar-refractivity contribution >= 4 is 23.2 Å². The lowest BCUT2D eigenvalue weighted by molar-refractivity contribution is -0.125. The Kier molecular flexibility index (Phi) is 1.74. The van der Waals surface area contributed by atoms with Crippen molar-refractivity contribution in [1.82, 2.24) is 0 Å². The Morgan fingerprint density at radius 3 is 2.93 bits per heavy atom. The first kappa shape index (κ1) is 9.04. The molecule has 0 bridgehead atoms. The lowest BCUT2D eigenvalue weighted by Crippen LogP contribution is -2.39. The summed E-state index contributed by atoms with van der Waals surface area (Å²) in [6, 6.07) is 5.64. The number of carbonyl (C=O) groups excluding carboxylic acids is 1. The first-order valence-corrected chi connectivity index (χ1v) is 5.46. The lowest BCUT2D eigenvalue weighted by Gasteiger charge is -2.25. The van der Waals surface area contributed by atoms with E-state index in [0.29, 0.717) is 5.88 Å². The van der Waals surface area contributed by atoms with E-state index in [9.17, 15) is 4.79 Å². The number of ether oxygens (including phenoxy) is 1. The van der Waals surface area contributed by atoms with Crippen LogP contribution in [0.2, 0.25) is 0 Å². The molecule has 1 aromatic carbocycles. The fourth-order valence-corrected chi connectivity index (χ4v) is 1.95. The molecule has 1 aliphatic carbocycles. The summed E-state index contributed by atoms with van der Waals surface area (Å²) in [7, 11) is 0. The van der Waals surface area contributed by atoms with Gasteiger partial charge in [-0.25, -0.2) is 0 Å². The number of benzene rings is 1. The Balaban J connectivity index is 2.01. The third kappa shape index (κ3) is 1.30. The van der Waals surface area contributed by atoms with Gasteiger partial charge >= 0.3 is 0 Å². The van der Waals surface area contributed by atoms with Gasteiger partial charge in [-0.1, -0.05) is 6.07 Å². The van der Waals surface area contributed by atoms with E-state index in [1.807, 2.05) is 18.2 Å². The lowest BCUT2D eigenvalue weighted by atomic mass is 10.1. The Labute approximate surface area is 92.4 Å². The van der Waals surface area contributed by atoms with E-state index in [-0.39, 0.29) is 5.91 Å². The Bertz CT molecular complexity index is 440. The van der Waals surface area contributed by atoms with E-state index in [1.54, 1.807) is 0 Å². The van der Waals surface area contributed by atoms with Gasteiger partial charge in [0.2, 0.25) is 0 Å². The van der Waals surface area contributed by atoms with Gasteiger partial charge < -0.3 is 10.1 Å². The first-order valence-electron chi connectivity index (χ1n) is 4.93. The van der Waals surface area contributed by atoms with Crippen LogP contribution < -0.4 is 10.1 Å². The van der Waals surface area contributed by atoms with Crippen molar-refractivity contribution in [2.24, 2.45) is 0 Å². The maximum absolute atomic E-state index is 11.7. The molecule has 1 saturated carbocycles. The molecule has 1 fully saturated rings. The fourth-order valence-electron chi connectivity index (χ4n) is 1.78. The molecule has 0 saturated heterocycles. The highest BCUT2D eigenvalue weighted by molar-refractivity contribution is 6.17. The first-order chi connectivity index (χ1) is 7.23. The summed E-state index contributed by atoms with van der Waals surface area (Å²) in [6.45, 7) is 0. The normalized spacial score (nSPS) is 20.5. The number of rotatable bonds is 1. The maximum atomic E-state index is 11.7. The van der Waals surface area contributed by atoms with Crippen LogP contribution in [-0.2, 0) is 10.7 Å². The summed E-state index contributed by atoms with van der Waals surface area (Å²) in [5, 5.41) is 2.86. The average molecular weight is 224 g/mol. The van der Waals surface area contributed by atoms with Crippen molar-refractivity contribution in [2.75, 3.05) is 5.32 Å². The number of alkyl halides is 1. The second kappa shape index (κ2) is 2.89. The minimum atomic E-state index is -0.560. The molecule has 2 aliphatic rings. The second-order valence-electron chi connectivity index (χ2n) is 4.01. The number of halogens is 1. The third-order valence-electron chi connectivity index (χ3n) is 2.87. The van der Waals surface area contributed by atoms with Crippen LogP contribution in [0.1, 0.15) is 18.4 Å². The molecular formula is C11H10ClNO2. The number of hydrogen-bond donors (Lipinski definition) is 1. The van der Waals surface area contributed by atoms with Crippen LogP contribution in [0, 0.1) is 0 Å². The molecule has 1 spiro atoms. The van der Waals surface area contributed by atoms with Gasteiger partial charge in [-0.05, 0) is 17.7 Å². The maximum Gasteiger partial charge on any atom is 0.268 e. The van der Waals surface area contributed by atoms with E-state index in [4.69, 9.17) is 16.3 Å². The smallest absolute Gasteiger partial charge is 0.268 e. The van der Waals surface area contributed by atoms with Crippen LogP contribution >= 0.6 is 11.6 Å². The largest absolute Gasteiger partial charge is 0.475 e. The summed E-state index contributed by atoms with van der Waals surface area (Å²) in [5.74, 6) is 1.16. The van der Waals surface area contributed by atoms with E-state index in [0.717, 1.165) is 29.8 Å². The van der Waals surface area contributed by atoms with Gasteiger partial charge in [0.15, 0.2) is 5.60 Å². The molecule has 78 valence electrons. The second-order valence-corrected chi connectivity index (χ2v) is 4.28. The number of carbonyl (C=O) groups is 1. The predicted octanol–water partition coefficient (Wildman–Crippen LogP) is 2.29. The minimum absolute atomic E-state index is 0.0262. The molecule has 1 N–H and O–H groups in total. The molecule has 0 unspecified atom stereocenters. The Morgan fingerprint density at radius 1 is 1.47 bits per heavy atom. The number of fused-ring (bicyclic) bond motifs is 1. The molecular weight excluding hydrogens is 214 g/mol. The van der Waals surface area contributed by atoms with Crippen molar-refractivity contribution in [3.63, 3.8) is 0 Å². The molecule has 4 heteroatoms. The standard InChI is InChI=1S/C11H10ClNO2/c12-6-7-1-2-9-8(5-7)13-10(14)11(15-9)3-4-11/h1-2,5H,3-4,6H2,(H,13,14). The van der Waals surface area contributed by atoms with Crippen molar-refractivity contribution in [1.29, 1.82) is 0 Å². The van der Waals surface area contributed by atoms with Crippen LogP contribution in [0.5, 0.6) is 5.75 Å². The SMILES string of the molecule is O=C1Nc2cc(CCl)ccc2OC12CC2. The van der Waals surface area contributed by atoms with Crippen LogP contribution in [0.25, 0.3) is 0 Å². The van der Waals surface area contributed by atoms with Crippen molar-refractivity contribution in [3.05, 3.63) is 23.8 Å². The van der Waals surface area contributed by atoms with Crippen LogP contribution in [0.15, 0.2) is 18.2 Å². The number of nitrogens with one attached hydrogen (secondary N) is 1. The Morgan fingerprint density at radius 2 is 2.27 bits per heavy atom. The molecule has 15 heavy (non-hydrogen) atoms. The van der Waals surface area contributed by atoms with Gasteiger partial charge in [0.05, 0.1) is 5.69 Å². The number of anilines is 1. The van der Waals surface area contributed by atoms with Crippen molar-refractivity contribution < 1.29 is 9.53 Å². The zero-order valence-corrected chi connectivity index (χ0v) is 8.80. The zero-order valence-electron chi connectivity index (χ0n) is 8.05. The van der Waals surface area contributed by atoms with Crippen molar-refractivity contribution in [2.45, 2.75) is 24.3 Å². The fraction of sp³-hybridized carbons (Fsp3) is 0.364. The molecule has 1 amide bonds. The van der Waals surface area contributed by atoms with E-state index in [2.05, 4.69) is 5.32 Å². The van der Waals surface area contributed by atoms with Crippen LogP contribution in [0.4, 0.5) is 5.69 Å².